The monoisotopic (exact) mass is 251 g/mol. The average molecular weight is 251 g/mol. The van der Waals surface area contributed by atoms with E-state index in [1.165, 1.54) is 0 Å². The quantitative estimate of drug-likeness (QED) is 0.694. The Labute approximate surface area is 108 Å². The summed E-state index contributed by atoms with van der Waals surface area (Å²) in [5, 5.41) is 11.6. The molecule has 18 heavy (non-hydrogen) atoms. The van der Waals surface area contributed by atoms with Crippen molar-refractivity contribution >= 4 is 11.6 Å². The van der Waals surface area contributed by atoms with Crippen LogP contribution in [0.1, 0.15) is 25.3 Å². The second-order valence-corrected chi connectivity index (χ2v) is 4.13. The van der Waals surface area contributed by atoms with Crippen molar-refractivity contribution in [1.29, 1.82) is 0 Å². The van der Waals surface area contributed by atoms with E-state index < -0.39 is 0 Å². The van der Waals surface area contributed by atoms with Crippen molar-refractivity contribution < 1.29 is 14.6 Å². The number of benzene rings is 1. The van der Waals surface area contributed by atoms with Gasteiger partial charge in [-0.3, -0.25) is 4.79 Å². The van der Waals surface area contributed by atoms with Crippen LogP contribution in [0.5, 0.6) is 0 Å². The number of aliphatic hydroxyl groups is 1. The molecule has 0 aliphatic rings. The van der Waals surface area contributed by atoms with E-state index in [-0.39, 0.29) is 19.1 Å². The number of rotatable bonds is 8. The number of carbonyl (C=O) groups is 1. The summed E-state index contributed by atoms with van der Waals surface area (Å²) in [5.74, 6) is -0.136. The van der Waals surface area contributed by atoms with Gasteiger partial charge < -0.3 is 15.2 Å². The zero-order chi connectivity index (χ0) is 13.2. The number of carbonyl (C=O) groups excluding carboxylic acids is 1. The second-order valence-electron chi connectivity index (χ2n) is 4.13. The summed E-state index contributed by atoms with van der Waals surface area (Å²) in [6, 6.07) is 7.65. The van der Waals surface area contributed by atoms with Crippen molar-refractivity contribution in [2.75, 3.05) is 25.1 Å². The van der Waals surface area contributed by atoms with Crippen LogP contribution in [0.2, 0.25) is 0 Å². The standard InChI is InChI=1S/C14H21NO3/c1-2-9-18-11-14(17)15-13-7-3-5-12(10-13)6-4-8-16/h3,5,7,10,16H,2,4,6,8-9,11H2,1H3,(H,15,17). The summed E-state index contributed by atoms with van der Waals surface area (Å²) in [5.41, 5.74) is 1.88. The van der Waals surface area contributed by atoms with E-state index in [2.05, 4.69) is 5.32 Å². The Morgan fingerprint density at radius 3 is 3.00 bits per heavy atom. The van der Waals surface area contributed by atoms with E-state index in [9.17, 15) is 4.79 Å². The largest absolute Gasteiger partial charge is 0.396 e. The van der Waals surface area contributed by atoms with Gasteiger partial charge in [-0.1, -0.05) is 19.1 Å². The topological polar surface area (TPSA) is 58.6 Å². The van der Waals surface area contributed by atoms with Crippen LogP contribution in [0.4, 0.5) is 5.69 Å². The molecule has 0 heterocycles. The smallest absolute Gasteiger partial charge is 0.250 e. The number of amides is 1. The van der Waals surface area contributed by atoms with Crippen LogP contribution in [0.15, 0.2) is 24.3 Å². The Morgan fingerprint density at radius 1 is 1.44 bits per heavy atom. The molecule has 4 nitrogen and oxygen atoms in total. The molecule has 0 spiro atoms. The van der Waals surface area contributed by atoms with Crippen LogP contribution < -0.4 is 5.32 Å². The molecule has 0 saturated heterocycles. The summed E-state index contributed by atoms with van der Waals surface area (Å²) in [4.78, 5) is 11.5. The maximum atomic E-state index is 11.5. The van der Waals surface area contributed by atoms with Gasteiger partial charge >= 0.3 is 0 Å². The SMILES string of the molecule is CCCOCC(=O)Nc1cccc(CCCO)c1. The highest BCUT2D eigenvalue weighted by Crippen LogP contribution is 2.12. The number of anilines is 1. The first kappa shape index (κ1) is 14.7. The summed E-state index contributed by atoms with van der Waals surface area (Å²) < 4.78 is 5.17. The molecule has 0 atom stereocenters. The van der Waals surface area contributed by atoms with Gasteiger partial charge in [0.15, 0.2) is 0 Å². The fourth-order valence-electron chi connectivity index (χ4n) is 1.59. The van der Waals surface area contributed by atoms with Crippen molar-refractivity contribution in [3.8, 4) is 0 Å². The third-order valence-electron chi connectivity index (χ3n) is 2.42. The molecule has 0 unspecified atom stereocenters. The number of hydrogen-bond donors (Lipinski definition) is 2. The zero-order valence-corrected chi connectivity index (χ0v) is 10.8. The third-order valence-corrected chi connectivity index (χ3v) is 2.42. The van der Waals surface area contributed by atoms with Crippen molar-refractivity contribution in [3.05, 3.63) is 29.8 Å². The van der Waals surface area contributed by atoms with Crippen LogP contribution in [-0.2, 0) is 16.0 Å². The van der Waals surface area contributed by atoms with E-state index in [0.717, 1.165) is 30.5 Å². The van der Waals surface area contributed by atoms with E-state index >= 15 is 0 Å². The predicted octanol–water partition coefficient (Wildman–Crippen LogP) is 1.98. The Hall–Kier alpha value is -1.39. The molecule has 2 N–H and O–H groups in total. The summed E-state index contributed by atoms with van der Waals surface area (Å²) in [7, 11) is 0. The molecule has 4 heteroatoms. The van der Waals surface area contributed by atoms with Gasteiger partial charge in [0.25, 0.3) is 0 Å². The van der Waals surface area contributed by atoms with Gasteiger partial charge in [0.05, 0.1) is 0 Å². The predicted molar refractivity (Wildman–Crippen MR) is 71.6 cm³/mol. The van der Waals surface area contributed by atoms with Gasteiger partial charge in [-0.15, -0.1) is 0 Å². The zero-order valence-electron chi connectivity index (χ0n) is 10.8. The average Bonchev–Trinajstić information content (AvgIpc) is 2.37. The molecule has 1 aromatic carbocycles. The molecular weight excluding hydrogens is 230 g/mol. The van der Waals surface area contributed by atoms with Crippen molar-refractivity contribution in [2.45, 2.75) is 26.2 Å². The summed E-state index contributed by atoms with van der Waals surface area (Å²) >= 11 is 0. The first-order valence-electron chi connectivity index (χ1n) is 6.33. The maximum absolute atomic E-state index is 11.5. The number of ether oxygens (including phenoxy) is 1. The van der Waals surface area contributed by atoms with Crippen molar-refractivity contribution in [1.82, 2.24) is 0 Å². The van der Waals surface area contributed by atoms with Gasteiger partial charge in [-0.25, -0.2) is 0 Å². The first-order valence-corrected chi connectivity index (χ1v) is 6.33. The van der Waals surface area contributed by atoms with Crippen LogP contribution in [0.25, 0.3) is 0 Å². The lowest BCUT2D eigenvalue weighted by Gasteiger charge is -2.07. The molecular formula is C14H21NO3. The van der Waals surface area contributed by atoms with Crippen LogP contribution >= 0.6 is 0 Å². The highest BCUT2D eigenvalue weighted by Gasteiger charge is 2.02. The lowest BCUT2D eigenvalue weighted by Crippen LogP contribution is -2.18. The third kappa shape index (κ3) is 5.80. The molecule has 100 valence electrons. The second kappa shape index (κ2) is 8.66. The van der Waals surface area contributed by atoms with Gasteiger partial charge in [0.2, 0.25) is 5.91 Å². The maximum Gasteiger partial charge on any atom is 0.250 e. The highest BCUT2D eigenvalue weighted by atomic mass is 16.5. The van der Waals surface area contributed by atoms with Crippen LogP contribution in [-0.4, -0.2) is 30.8 Å². The fraction of sp³-hybridized carbons (Fsp3) is 0.500. The summed E-state index contributed by atoms with van der Waals surface area (Å²) in [6.45, 7) is 2.88. The molecule has 1 amide bonds. The highest BCUT2D eigenvalue weighted by molar-refractivity contribution is 5.91. The normalized spacial score (nSPS) is 10.3. The Kier molecular flexibility index (Phi) is 7.06. The van der Waals surface area contributed by atoms with Crippen LogP contribution in [0, 0.1) is 0 Å². The van der Waals surface area contributed by atoms with Crippen molar-refractivity contribution in [3.63, 3.8) is 0 Å². The Bertz CT molecular complexity index is 366. The van der Waals surface area contributed by atoms with E-state index in [1.807, 2.05) is 31.2 Å². The minimum Gasteiger partial charge on any atom is -0.396 e. The van der Waals surface area contributed by atoms with Gasteiger partial charge in [-0.2, -0.15) is 0 Å². The number of hydrogen-bond acceptors (Lipinski definition) is 3. The molecule has 0 saturated carbocycles. The van der Waals surface area contributed by atoms with Crippen LogP contribution in [0.3, 0.4) is 0 Å². The molecule has 1 aromatic rings. The van der Waals surface area contributed by atoms with Gasteiger partial charge in [0, 0.05) is 18.9 Å². The number of aryl methyl sites for hydroxylation is 1. The van der Waals surface area contributed by atoms with E-state index in [0.29, 0.717) is 6.61 Å². The molecule has 0 fully saturated rings. The number of nitrogens with one attached hydrogen (secondary N) is 1. The van der Waals surface area contributed by atoms with E-state index in [4.69, 9.17) is 9.84 Å². The van der Waals surface area contributed by atoms with Gasteiger partial charge in [0.1, 0.15) is 6.61 Å². The van der Waals surface area contributed by atoms with E-state index in [1.54, 1.807) is 0 Å². The minimum atomic E-state index is -0.136. The molecule has 0 aliphatic heterocycles. The molecule has 0 bridgehead atoms. The fourth-order valence-corrected chi connectivity index (χ4v) is 1.59. The first-order chi connectivity index (χ1) is 8.76. The van der Waals surface area contributed by atoms with Gasteiger partial charge in [-0.05, 0) is 37.0 Å². The molecule has 0 radical (unpaired) electrons. The molecule has 1 rings (SSSR count). The Balaban J connectivity index is 2.43. The van der Waals surface area contributed by atoms with Crippen molar-refractivity contribution in [2.24, 2.45) is 0 Å². The lowest BCUT2D eigenvalue weighted by atomic mass is 10.1. The minimum absolute atomic E-state index is 0.0920. The summed E-state index contributed by atoms with van der Waals surface area (Å²) in [6.07, 6.45) is 2.45. The number of aliphatic hydroxyl groups excluding tert-OH is 1. The molecule has 0 aromatic heterocycles. The molecule has 0 aliphatic carbocycles. The Morgan fingerprint density at radius 2 is 2.28 bits per heavy atom. The lowest BCUT2D eigenvalue weighted by molar-refractivity contribution is -0.120.